The molecule has 2 fully saturated rings. The van der Waals surface area contributed by atoms with Crippen LogP contribution in [0.25, 0.3) is 5.69 Å². The minimum atomic E-state index is -1.20. The first-order valence-corrected chi connectivity index (χ1v) is 17.1. The van der Waals surface area contributed by atoms with Crippen molar-refractivity contribution in [3.05, 3.63) is 106 Å². The molecule has 0 spiro atoms. The highest BCUT2D eigenvalue weighted by Crippen LogP contribution is 2.40. The monoisotopic (exact) mass is 723 g/mol. The van der Waals surface area contributed by atoms with Gasteiger partial charge >= 0.3 is 5.69 Å². The van der Waals surface area contributed by atoms with Gasteiger partial charge in [0.15, 0.2) is 0 Å². The van der Waals surface area contributed by atoms with Gasteiger partial charge in [0.05, 0.1) is 35.2 Å². The second-order valence-electron chi connectivity index (χ2n) is 12.3. The molecule has 0 aliphatic carbocycles. The van der Waals surface area contributed by atoms with Gasteiger partial charge in [0.25, 0.3) is 0 Å². The van der Waals surface area contributed by atoms with E-state index in [9.17, 15) is 4.79 Å². The SMILES string of the molecule is CC[C@@H](C)n1ncn(-c2ccc(N3CCN(c4ccc(OC[C@@H]5CO[C@@](Cn6cncn6)(c6ccc(Cl)cc6Cl)O5)cn4)CC3)c(F)c2)c1=O. The molecule has 0 amide bonds. The molecule has 262 valence electrons. The van der Waals surface area contributed by atoms with Crippen molar-refractivity contribution in [1.82, 2.24) is 34.1 Å². The van der Waals surface area contributed by atoms with Crippen LogP contribution in [0.5, 0.6) is 5.75 Å². The van der Waals surface area contributed by atoms with Crippen LogP contribution in [0.2, 0.25) is 10.0 Å². The summed E-state index contributed by atoms with van der Waals surface area (Å²) >= 11 is 12.7. The molecule has 2 aliphatic rings. The van der Waals surface area contributed by atoms with Crippen molar-refractivity contribution >= 4 is 34.7 Å². The lowest BCUT2D eigenvalue weighted by Crippen LogP contribution is -2.47. The summed E-state index contributed by atoms with van der Waals surface area (Å²) in [7, 11) is 0. The van der Waals surface area contributed by atoms with Gasteiger partial charge in [-0.25, -0.2) is 33.1 Å². The number of ether oxygens (including phenoxy) is 3. The van der Waals surface area contributed by atoms with Gasteiger partial charge < -0.3 is 24.0 Å². The molecule has 0 bridgehead atoms. The molecule has 13 nitrogen and oxygen atoms in total. The highest BCUT2D eigenvalue weighted by Gasteiger charge is 2.45. The molecule has 2 saturated heterocycles. The van der Waals surface area contributed by atoms with E-state index in [1.54, 1.807) is 47.5 Å². The minimum Gasteiger partial charge on any atom is -0.489 e. The lowest BCUT2D eigenvalue weighted by molar-refractivity contribution is -0.190. The number of nitrogens with zero attached hydrogens (tertiary/aromatic N) is 9. The van der Waals surface area contributed by atoms with E-state index < -0.39 is 11.9 Å². The third kappa shape index (κ3) is 6.93. The molecule has 2 aromatic carbocycles. The Kier molecular flexibility index (Phi) is 9.78. The Morgan fingerprint density at radius 3 is 2.56 bits per heavy atom. The van der Waals surface area contributed by atoms with Crippen LogP contribution < -0.4 is 20.2 Å². The fourth-order valence-corrected chi connectivity index (χ4v) is 6.72. The summed E-state index contributed by atoms with van der Waals surface area (Å²) < 4.78 is 38.4. The maximum atomic E-state index is 15.3. The van der Waals surface area contributed by atoms with Crippen LogP contribution in [-0.4, -0.2) is 79.6 Å². The molecular formula is C34H36Cl2FN9O4. The van der Waals surface area contributed by atoms with Crippen molar-refractivity contribution in [2.45, 2.75) is 44.7 Å². The fraction of sp³-hybridized carbons (Fsp3) is 0.382. The normalized spacial score (nSPS) is 20.0. The van der Waals surface area contributed by atoms with Gasteiger partial charge in [-0.3, -0.25) is 0 Å². The predicted octanol–water partition coefficient (Wildman–Crippen LogP) is 5.11. The average Bonchev–Trinajstić information content (AvgIpc) is 3.88. The third-order valence-corrected chi connectivity index (χ3v) is 9.60. The average molecular weight is 725 g/mol. The highest BCUT2D eigenvalue weighted by atomic mass is 35.5. The smallest absolute Gasteiger partial charge is 0.350 e. The quantitative estimate of drug-likeness (QED) is 0.182. The second kappa shape index (κ2) is 14.4. The Morgan fingerprint density at radius 1 is 1.04 bits per heavy atom. The van der Waals surface area contributed by atoms with Gasteiger partial charge in [-0.05, 0) is 49.7 Å². The fourth-order valence-electron chi connectivity index (χ4n) is 6.16. The lowest BCUT2D eigenvalue weighted by Gasteiger charge is -2.36. The van der Waals surface area contributed by atoms with Gasteiger partial charge in [0.1, 0.15) is 55.6 Å². The molecule has 3 atom stereocenters. The Labute approximate surface area is 297 Å². The van der Waals surface area contributed by atoms with Crippen molar-refractivity contribution in [3.63, 3.8) is 0 Å². The van der Waals surface area contributed by atoms with Crippen LogP contribution in [0.3, 0.4) is 0 Å². The number of anilines is 2. The predicted molar refractivity (Wildman–Crippen MR) is 186 cm³/mol. The van der Waals surface area contributed by atoms with E-state index in [1.165, 1.54) is 28.0 Å². The number of hydrogen-bond acceptors (Lipinski definition) is 10. The molecule has 0 radical (unpaired) electrons. The standard InChI is InChI=1S/C34H36Cl2FN9O4/c1-3-23(2)46-33(47)45(22-41-46)25-5-8-31(30(37)15-25)42-10-12-43(13-11-42)32-9-6-26(16-39-32)48-17-27-18-49-34(50-27,19-44-21-38-20-40-44)28-7-4-24(35)14-29(28)36/h4-9,14-16,20-23,27H,3,10-13,17-19H2,1-2H3/t23-,27-,34-/m1/s1. The second-order valence-corrected chi connectivity index (χ2v) is 13.1. The van der Waals surface area contributed by atoms with Gasteiger partial charge in [0, 0.05) is 42.8 Å². The van der Waals surface area contributed by atoms with Crippen LogP contribution in [0.1, 0.15) is 31.9 Å². The zero-order valence-corrected chi connectivity index (χ0v) is 29.0. The number of rotatable bonds is 11. The zero-order chi connectivity index (χ0) is 34.8. The van der Waals surface area contributed by atoms with Gasteiger partial charge in [0.2, 0.25) is 5.79 Å². The van der Waals surface area contributed by atoms with E-state index in [0.717, 1.165) is 12.2 Å². The molecule has 5 heterocycles. The maximum Gasteiger partial charge on any atom is 0.350 e. The van der Waals surface area contributed by atoms with Gasteiger partial charge in [-0.15, -0.1) is 0 Å². The Morgan fingerprint density at radius 2 is 1.86 bits per heavy atom. The van der Waals surface area contributed by atoms with E-state index in [-0.39, 0.29) is 37.3 Å². The molecule has 50 heavy (non-hydrogen) atoms. The summed E-state index contributed by atoms with van der Waals surface area (Å²) in [6.45, 7) is 7.17. The van der Waals surface area contributed by atoms with E-state index >= 15 is 4.39 Å². The summed E-state index contributed by atoms with van der Waals surface area (Å²) in [5.41, 5.74) is 1.29. The van der Waals surface area contributed by atoms with Crippen molar-refractivity contribution in [3.8, 4) is 11.4 Å². The molecule has 0 N–H and O–H groups in total. The van der Waals surface area contributed by atoms with Crippen LogP contribution in [0.15, 0.2) is 78.5 Å². The molecular weight excluding hydrogens is 688 g/mol. The van der Waals surface area contributed by atoms with Crippen LogP contribution >= 0.6 is 23.2 Å². The molecule has 5 aromatic rings. The summed E-state index contributed by atoms with van der Waals surface area (Å²) in [5.74, 6) is -0.196. The largest absolute Gasteiger partial charge is 0.489 e. The first kappa shape index (κ1) is 34.0. The zero-order valence-electron chi connectivity index (χ0n) is 27.5. The lowest BCUT2D eigenvalue weighted by atomic mass is 10.1. The molecule has 7 rings (SSSR count). The van der Waals surface area contributed by atoms with Crippen molar-refractivity contribution in [1.29, 1.82) is 0 Å². The van der Waals surface area contributed by atoms with E-state index in [2.05, 4.69) is 25.1 Å². The molecule has 16 heteroatoms. The van der Waals surface area contributed by atoms with Crippen LogP contribution in [0.4, 0.5) is 15.9 Å². The van der Waals surface area contributed by atoms with Crippen molar-refractivity contribution < 1.29 is 18.6 Å². The first-order chi connectivity index (χ1) is 24.2. The summed E-state index contributed by atoms with van der Waals surface area (Å²) in [5, 5.41) is 9.33. The summed E-state index contributed by atoms with van der Waals surface area (Å²) in [6.07, 6.45) is 6.52. The number of aromatic nitrogens is 7. The first-order valence-electron chi connectivity index (χ1n) is 16.4. The Balaban J connectivity index is 0.939. The number of hydrogen-bond donors (Lipinski definition) is 0. The number of piperazine rings is 1. The van der Waals surface area contributed by atoms with E-state index in [0.29, 0.717) is 58.9 Å². The molecule has 2 aliphatic heterocycles. The summed E-state index contributed by atoms with van der Waals surface area (Å²) in [4.78, 5) is 25.6. The van der Waals surface area contributed by atoms with E-state index in [1.807, 2.05) is 30.9 Å². The molecule has 0 unspecified atom stereocenters. The third-order valence-electron chi connectivity index (χ3n) is 9.05. The minimum absolute atomic E-state index is 0.0380. The van der Waals surface area contributed by atoms with Gasteiger partial charge in [-0.1, -0.05) is 36.2 Å². The highest BCUT2D eigenvalue weighted by molar-refractivity contribution is 6.35. The van der Waals surface area contributed by atoms with Crippen molar-refractivity contribution in [2.75, 3.05) is 49.2 Å². The van der Waals surface area contributed by atoms with Crippen molar-refractivity contribution in [2.24, 2.45) is 0 Å². The topological polar surface area (TPSA) is 118 Å². The van der Waals surface area contributed by atoms with E-state index in [4.69, 9.17) is 37.4 Å². The Bertz CT molecular complexity index is 1980. The number of halogens is 3. The van der Waals surface area contributed by atoms with Crippen LogP contribution in [0, 0.1) is 5.82 Å². The molecule has 0 saturated carbocycles. The summed E-state index contributed by atoms with van der Waals surface area (Å²) in [6, 6.07) is 13.8. The molecule has 3 aromatic heterocycles. The Hall–Kier alpha value is -4.50. The van der Waals surface area contributed by atoms with Crippen LogP contribution in [-0.2, 0) is 21.8 Å². The van der Waals surface area contributed by atoms with Gasteiger partial charge in [-0.2, -0.15) is 10.2 Å². The number of benzene rings is 2. The maximum absolute atomic E-state index is 15.3. The number of pyridine rings is 1.